The number of hydrogen-bond donors (Lipinski definition) is 0. The first-order chi connectivity index (χ1) is 4.42. The smallest absolute Gasteiger partial charge is 0.147 e. The standard InChI is InChI=1S/C7H16O2S/c1-7(2)5-4-6-10(3,8)9/h7H,4-6H2,1-3H3. The maximum atomic E-state index is 10.6. The fourth-order valence-electron chi connectivity index (χ4n) is 0.754. The summed E-state index contributed by atoms with van der Waals surface area (Å²) in [6.45, 7) is 4.20. The Morgan fingerprint density at radius 3 is 2.10 bits per heavy atom. The van der Waals surface area contributed by atoms with Gasteiger partial charge < -0.3 is 0 Å². The molecule has 0 fully saturated rings. The van der Waals surface area contributed by atoms with Crippen LogP contribution in [0, 0.1) is 5.92 Å². The van der Waals surface area contributed by atoms with Crippen LogP contribution in [-0.4, -0.2) is 20.4 Å². The Morgan fingerprint density at radius 1 is 1.30 bits per heavy atom. The van der Waals surface area contributed by atoms with Crippen LogP contribution in [0.3, 0.4) is 0 Å². The van der Waals surface area contributed by atoms with Crippen molar-refractivity contribution < 1.29 is 8.42 Å². The van der Waals surface area contributed by atoms with E-state index in [0.717, 1.165) is 12.8 Å². The summed E-state index contributed by atoms with van der Waals surface area (Å²) in [6.07, 6.45) is 3.09. The molecule has 62 valence electrons. The Bertz CT molecular complexity index is 168. The van der Waals surface area contributed by atoms with Crippen molar-refractivity contribution in [3.8, 4) is 0 Å². The molecule has 0 bridgehead atoms. The summed E-state index contributed by atoms with van der Waals surface area (Å²) in [7, 11) is -2.72. The van der Waals surface area contributed by atoms with Crippen LogP contribution in [0.25, 0.3) is 0 Å². The molecule has 0 rings (SSSR count). The number of rotatable bonds is 4. The molecular formula is C7H16O2S. The van der Waals surface area contributed by atoms with Gasteiger partial charge in [0.25, 0.3) is 0 Å². The molecule has 0 heterocycles. The van der Waals surface area contributed by atoms with Crippen molar-refractivity contribution in [2.24, 2.45) is 5.92 Å². The highest BCUT2D eigenvalue weighted by atomic mass is 32.2. The van der Waals surface area contributed by atoms with Crippen LogP contribution in [0.5, 0.6) is 0 Å². The van der Waals surface area contributed by atoms with Gasteiger partial charge in [-0.2, -0.15) is 0 Å². The van der Waals surface area contributed by atoms with E-state index in [-0.39, 0.29) is 0 Å². The van der Waals surface area contributed by atoms with Crippen molar-refractivity contribution in [1.29, 1.82) is 0 Å². The summed E-state index contributed by atoms with van der Waals surface area (Å²) >= 11 is 0. The molecule has 0 aliphatic carbocycles. The van der Waals surface area contributed by atoms with Gasteiger partial charge in [-0.15, -0.1) is 0 Å². The van der Waals surface area contributed by atoms with Gasteiger partial charge in [0.05, 0.1) is 0 Å². The lowest BCUT2D eigenvalue weighted by molar-refractivity contribution is 0.562. The average Bonchev–Trinajstić information content (AvgIpc) is 1.59. The van der Waals surface area contributed by atoms with E-state index in [1.165, 1.54) is 6.26 Å². The summed E-state index contributed by atoms with van der Waals surface area (Å²) in [5, 5.41) is 0. The highest BCUT2D eigenvalue weighted by molar-refractivity contribution is 7.90. The minimum Gasteiger partial charge on any atom is -0.229 e. The molecule has 0 aromatic heterocycles. The average molecular weight is 164 g/mol. The second-order valence-corrected chi connectivity index (χ2v) is 5.43. The van der Waals surface area contributed by atoms with Gasteiger partial charge in [-0.1, -0.05) is 20.3 Å². The molecular weight excluding hydrogens is 148 g/mol. The van der Waals surface area contributed by atoms with E-state index < -0.39 is 9.84 Å². The fraction of sp³-hybridized carbons (Fsp3) is 1.00. The van der Waals surface area contributed by atoms with Crippen LogP contribution in [0.1, 0.15) is 26.7 Å². The van der Waals surface area contributed by atoms with E-state index in [1.807, 2.05) is 0 Å². The summed E-state index contributed by atoms with van der Waals surface area (Å²) in [4.78, 5) is 0. The molecule has 2 nitrogen and oxygen atoms in total. The molecule has 0 aliphatic heterocycles. The van der Waals surface area contributed by atoms with Gasteiger partial charge in [0, 0.05) is 12.0 Å². The van der Waals surface area contributed by atoms with Gasteiger partial charge in [-0.05, 0) is 12.3 Å². The zero-order chi connectivity index (χ0) is 8.20. The van der Waals surface area contributed by atoms with Gasteiger partial charge in [0.15, 0.2) is 0 Å². The molecule has 0 aromatic rings. The highest BCUT2D eigenvalue weighted by Crippen LogP contribution is 2.04. The summed E-state index contributed by atoms with van der Waals surface area (Å²) in [6, 6.07) is 0. The van der Waals surface area contributed by atoms with Crippen LogP contribution < -0.4 is 0 Å². The van der Waals surface area contributed by atoms with Gasteiger partial charge in [0.2, 0.25) is 0 Å². The fourth-order valence-corrected chi connectivity index (χ4v) is 1.44. The van der Waals surface area contributed by atoms with Crippen molar-refractivity contribution in [2.45, 2.75) is 26.7 Å². The van der Waals surface area contributed by atoms with Crippen LogP contribution in [-0.2, 0) is 9.84 Å². The van der Waals surface area contributed by atoms with Gasteiger partial charge in [-0.25, -0.2) is 8.42 Å². The molecule has 0 saturated carbocycles. The maximum absolute atomic E-state index is 10.6. The predicted octanol–water partition coefficient (Wildman–Crippen LogP) is 1.47. The normalized spacial score (nSPS) is 12.4. The van der Waals surface area contributed by atoms with E-state index in [9.17, 15) is 8.42 Å². The molecule has 0 amide bonds. The Labute approximate surface area is 63.6 Å². The van der Waals surface area contributed by atoms with E-state index in [1.54, 1.807) is 0 Å². The third-order valence-electron chi connectivity index (χ3n) is 1.30. The zero-order valence-electron chi connectivity index (χ0n) is 6.92. The molecule has 0 unspecified atom stereocenters. The minimum absolute atomic E-state index is 0.338. The molecule has 0 radical (unpaired) electrons. The van der Waals surface area contributed by atoms with E-state index >= 15 is 0 Å². The second-order valence-electron chi connectivity index (χ2n) is 3.17. The van der Waals surface area contributed by atoms with Gasteiger partial charge in [-0.3, -0.25) is 0 Å². The Balaban J connectivity index is 3.39. The van der Waals surface area contributed by atoms with Crippen molar-refractivity contribution in [3.05, 3.63) is 0 Å². The lowest BCUT2D eigenvalue weighted by atomic mass is 10.1. The van der Waals surface area contributed by atoms with Crippen LogP contribution >= 0.6 is 0 Å². The van der Waals surface area contributed by atoms with Crippen molar-refractivity contribution in [3.63, 3.8) is 0 Å². The monoisotopic (exact) mass is 164 g/mol. The molecule has 0 saturated heterocycles. The molecule has 0 aromatic carbocycles. The second kappa shape index (κ2) is 3.96. The van der Waals surface area contributed by atoms with Crippen molar-refractivity contribution >= 4 is 9.84 Å². The first-order valence-electron chi connectivity index (χ1n) is 3.59. The largest absolute Gasteiger partial charge is 0.229 e. The molecule has 0 spiro atoms. The lowest BCUT2D eigenvalue weighted by Gasteiger charge is -2.01. The quantitative estimate of drug-likeness (QED) is 0.630. The summed E-state index contributed by atoms with van der Waals surface area (Å²) < 4.78 is 21.2. The van der Waals surface area contributed by atoms with E-state index in [0.29, 0.717) is 11.7 Å². The summed E-state index contributed by atoms with van der Waals surface area (Å²) in [5.74, 6) is 0.951. The van der Waals surface area contributed by atoms with Crippen molar-refractivity contribution in [1.82, 2.24) is 0 Å². The molecule has 0 aliphatic rings. The lowest BCUT2D eigenvalue weighted by Crippen LogP contribution is -2.03. The topological polar surface area (TPSA) is 34.1 Å². The van der Waals surface area contributed by atoms with Gasteiger partial charge >= 0.3 is 0 Å². The van der Waals surface area contributed by atoms with Crippen LogP contribution in [0.2, 0.25) is 0 Å². The number of sulfone groups is 1. The van der Waals surface area contributed by atoms with Gasteiger partial charge in [0.1, 0.15) is 9.84 Å². The third-order valence-corrected chi connectivity index (χ3v) is 2.33. The molecule has 3 heteroatoms. The Hall–Kier alpha value is -0.0500. The van der Waals surface area contributed by atoms with E-state index in [2.05, 4.69) is 13.8 Å². The summed E-state index contributed by atoms with van der Waals surface area (Å²) in [5.41, 5.74) is 0. The van der Waals surface area contributed by atoms with E-state index in [4.69, 9.17) is 0 Å². The first-order valence-corrected chi connectivity index (χ1v) is 5.65. The molecule has 0 N–H and O–H groups in total. The Morgan fingerprint density at radius 2 is 1.80 bits per heavy atom. The SMILES string of the molecule is CC(C)CCCS(C)(=O)=O. The molecule has 0 atom stereocenters. The maximum Gasteiger partial charge on any atom is 0.147 e. The predicted molar refractivity (Wildman–Crippen MR) is 43.8 cm³/mol. The Kier molecular flexibility index (Phi) is 3.94. The minimum atomic E-state index is -2.72. The van der Waals surface area contributed by atoms with Crippen molar-refractivity contribution in [2.75, 3.05) is 12.0 Å². The highest BCUT2D eigenvalue weighted by Gasteiger charge is 2.01. The number of hydrogen-bond acceptors (Lipinski definition) is 2. The molecule has 10 heavy (non-hydrogen) atoms. The van der Waals surface area contributed by atoms with Crippen LogP contribution in [0.15, 0.2) is 0 Å². The first kappa shape index (κ1) is 9.95. The van der Waals surface area contributed by atoms with Crippen LogP contribution in [0.4, 0.5) is 0 Å². The zero-order valence-corrected chi connectivity index (χ0v) is 7.74. The third kappa shape index (κ3) is 7.95.